The van der Waals surface area contributed by atoms with Gasteiger partial charge in [0.1, 0.15) is 11.3 Å². The van der Waals surface area contributed by atoms with Gasteiger partial charge in [-0.15, -0.1) is 0 Å². The highest BCUT2D eigenvalue weighted by Gasteiger charge is 2.17. The van der Waals surface area contributed by atoms with Crippen LogP contribution in [-0.2, 0) is 0 Å². The minimum absolute atomic E-state index is 0.289. The van der Waals surface area contributed by atoms with Crippen molar-refractivity contribution in [1.82, 2.24) is 9.66 Å². The number of nitrogens with zero attached hydrogens (tertiary/aromatic N) is 3. The second kappa shape index (κ2) is 9.48. The van der Waals surface area contributed by atoms with Crippen LogP contribution in [0.1, 0.15) is 12.5 Å². The number of ether oxygens (including phenoxy) is 1. The topological polar surface area (TPSA) is 69.6 Å². The molecule has 0 unspecified atom stereocenters. The van der Waals surface area contributed by atoms with Crippen LogP contribution in [0.3, 0.4) is 0 Å². The quantitative estimate of drug-likeness (QED) is 0.187. The van der Waals surface area contributed by atoms with Crippen LogP contribution < -0.4 is 10.3 Å². The Labute approximate surface area is 219 Å². The Morgan fingerprint density at radius 3 is 2.59 bits per heavy atom. The zero-order valence-electron chi connectivity index (χ0n) is 17.8. The van der Waals surface area contributed by atoms with E-state index in [0.717, 1.165) is 24.4 Å². The first-order chi connectivity index (χ1) is 16.4. The molecule has 0 aliphatic rings. The molecule has 0 aliphatic carbocycles. The monoisotopic (exact) mass is 643 g/mol. The molecule has 0 aliphatic heterocycles. The molecule has 0 saturated heterocycles. The SMILES string of the molecule is CCOc1c(Br)cc(C=Nn2c(-c3cc4cc(Br)ccc4o3)nc3ccccc3c2=O)cc1Br. The first kappa shape index (κ1) is 23.0. The molecule has 0 saturated carbocycles. The highest BCUT2D eigenvalue weighted by Crippen LogP contribution is 2.34. The average Bonchev–Trinajstić information content (AvgIpc) is 3.24. The van der Waals surface area contributed by atoms with Gasteiger partial charge in [0.15, 0.2) is 5.76 Å². The second-order valence-corrected chi connectivity index (χ2v) is 9.98. The van der Waals surface area contributed by atoms with Crippen molar-refractivity contribution in [2.75, 3.05) is 6.61 Å². The molecule has 2 heterocycles. The van der Waals surface area contributed by atoms with Gasteiger partial charge in [0.25, 0.3) is 5.56 Å². The van der Waals surface area contributed by atoms with Crippen molar-refractivity contribution in [3.63, 3.8) is 0 Å². The third-order valence-electron chi connectivity index (χ3n) is 5.08. The summed E-state index contributed by atoms with van der Waals surface area (Å²) in [5.74, 6) is 1.47. The van der Waals surface area contributed by atoms with Crippen LogP contribution in [0.2, 0.25) is 0 Å². The zero-order chi connectivity index (χ0) is 23.8. The number of hydrogen-bond acceptors (Lipinski definition) is 5. The summed E-state index contributed by atoms with van der Waals surface area (Å²) in [6.45, 7) is 2.46. The van der Waals surface area contributed by atoms with Crippen LogP contribution >= 0.6 is 47.8 Å². The van der Waals surface area contributed by atoms with Gasteiger partial charge in [0.2, 0.25) is 5.82 Å². The van der Waals surface area contributed by atoms with Crippen LogP contribution in [0.15, 0.2) is 88.4 Å². The summed E-state index contributed by atoms with van der Waals surface area (Å²) in [5.41, 5.74) is 1.74. The summed E-state index contributed by atoms with van der Waals surface area (Å²) in [7, 11) is 0. The van der Waals surface area contributed by atoms with E-state index in [2.05, 4.69) is 52.9 Å². The maximum absolute atomic E-state index is 13.4. The molecule has 0 atom stereocenters. The van der Waals surface area contributed by atoms with Gasteiger partial charge in [-0.1, -0.05) is 28.1 Å². The number of halogens is 3. The lowest BCUT2D eigenvalue weighted by Gasteiger charge is -2.10. The lowest BCUT2D eigenvalue weighted by Crippen LogP contribution is -2.20. The fraction of sp³-hybridized carbons (Fsp3) is 0.0800. The molecular formula is C25H16Br3N3O3. The Bertz CT molecular complexity index is 1620. The number of hydrogen-bond donors (Lipinski definition) is 0. The van der Waals surface area contributed by atoms with Gasteiger partial charge in [-0.25, -0.2) is 4.98 Å². The maximum atomic E-state index is 13.4. The highest BCUT2D eigenvalue weighted by atomic mass is 79.9. The van der Waals surface area contributed by atoms with E-state index in [0.29, 0.717) is 40.4 Å². The summed E-state index contributed by atoms with van der Waals surface area (Å²) in [6.07, 6.45) is 1.60. The van der Waals surface area contributed by atoms with Crippen LogP contribution in [0.4, 0.5) is 0 Å². The molecule has 0 radical (unpaired) electrons. The van der Waals surface area contributed by atoms with E-state index in [1.165, 1.54) is 4.68 Å². The average molecular weight is 646 g/mol. The smallest absolute Gasteiger partial charge is 0.282 e. The first-order valence-electron chi connectivity index (χ1n) is 10.3. The van der Waals surface area contributed by atoms with Gasteiger partial charge >= 0.3 is 0 Å². The summed E-state index contributed by atoms with van der Waals surface area (Å²) < 4.78 is 15.4. The molecule has 0 spiro atoms. The van der Waals surface area contributed by atoms with Gasteiger partial charge in [0.05, 0.1) is 32.7 Å². The van der Waals surface area contributed by atoms with Crippen molar-refractivity contribution in [2.24, 2.45) is 5.10 Å². The second-order valence-electron chi connectivity index (χ2n) is 7.35. The van der Waals surface area contributed by atoms with Crippen LogP contribution in [0.25, 0.3) is 33.5 Å². The van der Waals surface area contributed by atoms with Crippen molar-refractivity contribution < 1.29 is 9.15 Å². The molecule has 0 amide bonds. The summed E-state index contributed by atoms with van der Waals surface area (Å²) in [6, 6.07) is 18.5. The van der Waals surface area contributed by atoms with E-state index in [4.69, 9.17) is 14.1 Å². The van der Waals surface area contributed by atoms with Crippen molar-refractivity contribution in [1.29, 1.82) is 0 Å². The number of benzene rings is 3. The standard InChI is InChI=1S/C25H16Br3N3O3/c1-2-33-23-18(27)9-14(10-19(23)28)13-29-31-24(30-20-6-4-3-5-17(20)25(31)32)22-12-15-11-16(26)7-8-21(15)34-22/h3-13H,2H2,1H3. The molecule has 6 nitrogen and oxygen atoms in total. The minimum Gasteiger partial charge on any atom is -0.492 e. The van der Waals surface area contributed by atoms with Gasteiger partial charge < -0.3 is 9.15 Å². The Morgan fingerprint density at radius 2 is 1.82 bits per heavy atom. The predicted octanol–water partition coefficient (Wildman–Crippen LogP) is 7.38. The Morgan fingerprint density at radius 1 is 1.06 bits per heavy atom. The van der Waals surface area contributed by atoms with Crippen molar-refractivity contribution in [2.45, 2.75) is 6.92 Å². The van der Waals surface area contributed by atoms with E-state index in [-0.39, 0.29) is 5.56 Å². The van der Waals surface area contributed by atoms with Gasteiger partial charge in [-0.05, 0) is 92.9 Å². The van der Waals surface area contributed by atoms with E-state index in [9.17, 15) is 4.79 Å². The molecule has 170 valence electrons. The molecule has 0 fully saturated rings. The lowest BCUT2D eigenvalue weighted by atomic mass is 10.2. The summed E-state index contributed by atoms with van der Waals surface area (Å²) in [5, 5.41) is 5.87. The minimum atomic E-state index is -0.289. The van der Waals surface area contributed by atoms with Crippen LogP contribution in [0.5, 0.6) is 5.75 Å². The molecule has 3 aromatic carbocycles. The molecular weight excluding hydrogens is 630 g/mol. The Balaban J connectivity index is 1.68. The summed E-state index contributed by atoms with van der Waals surface area (Å²) in [4.78, 5) is 18.1. The molecule has 5 rings (SSSR count). The number of aromatic nitrogens is 2. The van der Waals surface area contributed by atoms with Crippen molar-refractivity contribution in [3.8, 4) is 17.3 Å². The molecule has 0 N–H and O–H groups in total. The van der Waals surface area contributed by atoms with E-state index < -0.39 is 0 Å². The zero-order valence-corrected chi connectivity index (χ0v) is 22.5. The first-order valence-corrected chi connectivity index (χ1v) is 12.7. The largest absolute Gasteiger partial charge is 0.492 e. The van der Waals surface area contributed by atoms with Crippen LogP contribution in [0, 0.1) is 0 Å². The van der Waals surface area contributed by atoms with Gasteiger partial charge in [-0.3, -0.25) is 4.79 Å². The predicted molar refractivity (Wildman–Crippen MR) is 145 cm³/mol. The Hall–Kier alpha value is -2.75. The maximum Gasteiger partial charge on any atom is 0.282 e. The van der Waals surface area contributed by atoms with Crippen molar-refractivity contribution >= 4 is 75.9 Å². The number of fused-ring (bicyclic) bond motifs is 2. The molecule has 5 aromatic rings. The summed E-state index contributed by atoms with van der Waals surface area (Å²) >= 11 is 10.5. The van der Waals surface area contributed by atoms with E-state index in [1.54, 1.807) is 24.4 Å². The van der Waals surface area contributed by atoms with Gasteiger partial charge in [-0.2, -0.15) is 9.78 Å². The van der Waals surface area contributed by atoms with Gasteiger partial charge in [0, 0.05) is 9.86 Å². The normalized spacial score (nSPS) is 11.6. The number of rotatable bonds is 5. The third-order valence-corrected chi connectivity index (χ3v) is 6.76. The Kier molecular flexibility index (Phi) is 6.42. The fourth-order valence-corrected chi connectivity index (χ4v) is 5.40. The highest BCUT2D eigenvalue weighted by molar-refractivity contribution is 9.11. The van der Waals surface area contributed by atoms with E-state index >= 15 is 0 Å². The molecule has 0 bridgehead atoms. The van der Waals surface area contributed by atoms with Crippen molar-refractivity contribution in [3.05, 3.63) is 90.0 Å². The molecule has 2 aromatic heterocycles. The number of furan rings is 1. The lowest BCUT2D eigenvalue weighted by molar-refractivity contribution is 0.336. The van der Waals surface area contributed by atoms with E-state index in [1.807, 2.05) is 49.4 Å². The molecule has 9 heteroatoms. The number of para-hydroxylation sites is 1. The third kappa shape index (κ3) is 4.35. The molecule has 34 heavy (non-hydrogen) atoms. The van der Waals surface area contributed by atoms with Crippen LogP contribution in [-0.4, -0.2) is 22.5 Å². The fourth-order valence-electron chi connectivity index (χ4n) is 3.58.